The second-order valence-electron chi connectivity index (χ2n) is 7.97. The number of fused-ring (bicyclic) bond motifs is 1. The molecular formula is C26H25N5O2. The lowest BCUT2D eigenvalue weighted by Crippen LogP contribution is -2.35. The van der Waals surface area contributed by atoms with E-state index in [1.165, 1.54) is 11.6 Å². The van der Waals surface area contributed by atoms with Gasteiger partial charge in [0.1, 0.15) is 5.65 Å². The van der Waals surface area contributed by atoms with Gasteiger partial charge in [0.05, 0.1) is 13.2 Å². The van der Waals surface area contributed by atoms with Crippen molar-refractivity contribution in [3.05, 3.63) is 84.5 Å². The predicted octanol–water partition coefficient (Wildman–Crippen LogP) is 4.11. The van der Waals surface area contributed by atoms with Crippen molar-refractivity contribution in [2.75, 3.05) is 31.6 Å². The Balaban J connectivity index is 1.26. The van der Waals surface area contributed by atoms with Crippen LogP contribution in [0.2, 0.25) is 0 Å². The van der Waals surface area contributed by atoms with E-state index in [9.17, 15) is 4.79 Å². The molecule has 0 atom stereocenters. The minimum absolute atomic E-state index is 0.189. The van der Waals surface area contributed by atoms with E-state index in [1.54, 1.807) is 24.7 Å². The molecule has 3 aromatic heterocycles. The molecule has 1 fully saturated rings. The van der Waals surface area contributed by atoms with Gasteiger partial charge in [0.25, 0.3) is 0 Å². The lowest BCUT2D eigenvalue weighted by Gasteiger charge is -2.26. The minimum Gasteiger partial charge on any atom is -0.379 e. The van der Waals surface area contributed by atoms with Crippen LogP contribution in [0.4, 0.5) is 5.69 Å². The Morgan fingerprint density at radius 2 is 1.94 bits per heavy atom. The highest BCUT2D eigenvalue weighted by molar-refractivity contribution is 6.03. The molecule has 1 amide bonds. The summed E-state index contributed by atoms with van der Waals surface area (Å²) < 4.78 is 5.40. The van der Waals surface area contributed by atoms with E-state index in [0.717, 1.165) is 66.3 Å². The van der Waals surface area contributed by atoms with Crippen LogP contribution < -0.4 is 5.32 Å². The Labute approximate surface area is 192 Å². The Morgan fingerprint density at radius 1 is 1.09 bits per heavy atom. The topological polar surface area (TPSA) is 83.1 Å². The normalized spacial score (nSPS) is 14.7. The van der Waals surface area contributed by atoms with Crippen LogP contribution in [-0.2, 0) is 16.1 Å². The number of rotatable bonds is 6. The molecule has 1 saturated heterocycles. The van der Waals surface area contributed by atoms with Crippen LogP contribution in [0.3, 0.4) is 0 Å². The molecule has 5 rings (SSSR count). The van der Waals surface area contributed by atoms with Crippen LogP contribution in [0.5, 0.6) is 0 Å². The van der Waals surface area contributed by atoms with Gasteiger partial charge >= 0.3 is 0 Å². The summed E-state index contributed by atoms with van der Waals surface area (Å²) in [6.07, 6.45) is 10.5. The van der Waals surface area contributed by atoms with Gasteiger partial charge in [-0.15, -0.1) is 0 Å². The summed E-state index contributed by atoms with van der Waals surface area (Å²) in [6, 6.07) is 13.9. The molecule has 0 bridgehead atoms. The molecule has 0 radical (unpaired) electrons. The fourth-order valence-electron chi connectivity index (χ4n) is 4.02. The number of nitrogens with zero attached hydrogens (tertiary/aromatic N) is 3. The van der Waals surface area contributed by atoms with Gasteiger partial charge in [-0.2, -0.15) is 0 Å². The number of pyridine rings is 2. The first-order chi connectivity index (χ1) is 16.3. The fraction of sp³-hybridized carbons (Fsp3) is 0.192. The molecule has 1 aliphatic heterocycles. The maximum atomic E-state index is 12.5. The standard InChI is InChI=1S/C26H25N5O2/c32-25(30-21-6-3-19(4-7-21)18-31-12-14-33-15-13-31)8-5-20-16-27-11-9-22(20)24-17-29-26-23(24)2-1-10-28-26/h1-11,16-17H,12-15,18H2,(H,28,29)(H,30,32). The average Bonchev–Trinajstić information content (AvgIpc) is 3.29. The minimum atomic E-state index is -0.189. The van der Waals surface area contributed by atoms with Crippen molar-refractivity contribution in [1.82, 2.24) is 19.9 Å². The number of nitrogens with one attached hydrogen (secondary N) is 2. The number of carbonyl (C=O) groups excluding carboxylic acids is 1. The van der Waals surface area contributed by atoms with Gasteiger partial charge in [0.15, 0.2) is 0 Å². The van der Waals surface area contributed by atoms with Gasteiger partial charge in [0.2, 0.25) is 5.91 Å². The predicted molar refractivity (Wildman–Crippen MR) is 130 cm³/mol. The second-order valence-corrected chi connectivity index (χ2v) is 7.97. The van der Waals surface area contributed by atoms with E-state index in [2.05, 4.69) is 37.3 Å². The number of hydrogen-bond donors (Lipinski definition) is 2. The number of hydrogen-bond acceptors (Lipinski definition) is 5. The first kappa shape index (κ1) is 21.1. The number of benzene rings is 1. The third-order valence-corrected chi connectivity index (χ3v) is 5.74. The first-order valence-corrected chi connectivity index (χ1v) is 11.0. The summed E-state index contributed by atoms with van der Waals surface area (Å²) in [5.74, 6) is -0.189. The fourth-order valence-corrected chi connectivity index (χ4v) is 4.02. The zero-order valence-electron chi connectivity index (χ0n) is 18.2. The molecule has 0 unspecified atom stereocenters. The van der Waals surface area contributed by atoms with E-state index >= 15 is 0 Å². The SMILES string of the molecule is O=C(C=Cc1cnccc1-c1c[nH]c2ncccc12)Nc1ccc(CN2CCOCC2)cc1. The van der Waals surface area contributed by atoms with Crippen molar-refractivity contribution < 1.29 is 9.53 Å². The third-order valence-electron chi connectivity index (χ3n) is 5.74. The maximum Gasteiger partial charge on any atom is 0.248 e. The van der Waals surface area contributed by atoms with Crippen LogP contribution in [-0.4, -0.2) is 52.1 Å². The molecule has 7 nitrogen and oxygen atoms in total. The van der Waals surface area contributed by atoms with Crippen molar-refractivity contribution in [3.63, 3.8) is 0 Å². The Bertz CT molecular complexity index is 1270. The molecule has 0 aliphatic carbocycles. The smallest absolute Gasteiger partial charge is 0.248 e. The molecule has 7 heteroatoms. The number of anilines is 1. The van der Waals surface area contributed by atoms with Gasteiger partial charge in [-0.05, 0) is 47.5 Å². The maximum absolute atomic E-state index is 12.5. The van der Waals surface area contributed by atoms with Crippen LogP contribution in [0.25, 0.3) is 28.2 Å². The number of aromatic nitrogens is 3. The summed E-state index contributed by atoms with van der Waals surface area (Å²) in [6.45, 7) is 4.38. The lowest BCUT2D eigenvalue weighted by atomic mass is 10.0. The van der Waals surface area contributed by atoms with E-state index in [4.69, 9.17) is 4.74 Å². The zero-order valence-corrected chi connectivity index (χ0v) is 18.2. The monoisotopic (exact) mass is 439 g/mol. The quantitative estimate of drug-likeness (QED) is 0.442. The number of morpholine rings is 1. The van der Waals surface area contributed by atoms with Crippen molar-refractivity contribution in [1.29, 1.82) is 0 Å². The lowest BCUT2D eigenvalue weighted by molar-refractivity contribution is -0.111. The molecule has 4 aromatic rings. The number of aromatic amines is 1. The number of H-pyrrole nitrogens is 1. The molecular weight excluding hydrogens is 414 g/mol. The summed E-state index contributed by atoms with van der Waals surface area (Å²) in [5, 5.41) is 3.96. The van der Waals surface area contributed by atoms with Crippen LogP contribution >= 0.6 is 0 Å². The van der Waals surface area contributed by atoms with Crippen molar-refractivity contribution in [2.45, 2.75) is 6.54 Å². The van der Waals surface area contributed by atoms with Gasteiger partial charge in [-0.1, -0.05) is 12.1 Å². The third kappa shape index (κ3) is 5.00. The first-order valence-electron chi connectivity index (χ1n) is 11.0. The van der Waals surface area contributed by atoms with Gasteiger partial charge in [-0.3, -0.25) is 14.7 Å². The number of ether oxygens (including phenoxy) is 1. The number of amides is 1. The van der Waals surface area contributed by atoms with E-state index in [0.29, 0.717) is 0 Å². The van der Waals surface area contributed by atoms with Gasteiger partial charge in [0, 0.05) is 72.7 Å². The van der Waals surface area contributed by atoms with Crippen LogP contribution in [0.1, 0.15) is 11.1 Å². The van der Waals surface area contributed by atoms with Crippen molar-refractivity contribution in [3.8, 4) is 11.1 Å². The summed E-state index contributed by atoms with van der Waals surface area (Å²) in [5.41, 5.74) is 5.69. The Hall–Kier alpha value is -3.81. The molecule has 0 saturated carbocycles. The summed E-state index contributed by atoms with van der Waals surface area (Å²) in [7, 11) is 0. The highest BCUT2D eigenvalue weighted by atomic mass is 16.5. The molecule has 0 spiro atoms. The van der Waals surface area contributed by atoms with E-state index < -0.39 is 0 Å². The molecule has 33 heavy (non-hydrogen) atoms. The van der Waals surface area contributed by atoms with Crippen LogP contribution in [0, 0.1) is 0 Å². The zero-order chi connectivity index (χ0) is 22.5. The molecule has 1 aliphatic rings. The average molecular weight is 440 g/mol. The Kier molecular flexibility index (Phi) is 6.23. The van der Waals surface area contributed by atoms with Crippen molar-refractivity contribution >= 4 is 28.7 Å². The highest BCUT2D eigenvalue weighted by Gasteiger charge is 2.11. The van der Waals surface area contributed by atoms with Gasteiger partial charge < -0.3 is 15.0 Å². The van der Waals surface area contributed by atoms with E-state index in [-0.39, 0.29) is 5.91 Å². The van der Waals surface area contributed by atoms with Gasteiger partial charge in [-0.25, -0.2) is 4.98 Å². The summed E-state index contributed by atoms with van der Waals surface area (Å²) >= 11 is 0. The largest absolute Gasteiger partial charge is 0.379 e. The number of carbonyl (C=O) groups is 1. The highest BCUT2D eigenvalue weighted by Crippen LogP contribution is 2.30. The molecule has 4 heterocycles. The molecule has 166 valence electrons. The Morgan fingerprint density at radius 3 is 2.79 bits per heavy atom. The second kappa shape index (κ2) is 9.77. The van der Waals surface area contributed by atoms with Crippen LogP contribution in [0.15, 0.2) is 73.3 Å². The van der Waals surface area contributed by atoms with E-state index in [1.807, 2.05) is 36.5 Å². The molecule has 2 N–H and O–H groups in total. The van der Waals surface area contributed by atoms with Crippen molar-refractivity contribution in [2.24, 2.45) is 0 Å². The summed E-state index contributed by atoms with van der Waals surface area (Å²) in [4.78, 5) is 26.7. The molecule has 1 aromatic carbocycles.